The maximum Gasteiger partial charge on any atom is 0.387 e. The summed E-state index contributed by atoms with van der Waals surface area (Å²) in [5.41, 5.74) is -0.340. The number of halogens is 4. The van der Waals surface area contributed by atoms with Crippen molar-refractivity contribution in [2.45, 2.75) is 6.61 Å². The van der Waals surface area contributed by atoms with Gasteiger partial charge in [0.1, 0.15) is 11.6 Å². The molecular formula is C18H11Cl2F2NO3. The van der Waals surface area contributed by atoms with Gasteiger partial charge in [0.2, 0.25) is 5.78 Å². The minimum atomic E-state index is -3.11. The second-order valence-corrected chi connectivity index (χ2v) is 5.67. The molecule has 0 spiro atoms. The van der Waals surface area contributed by atoms with Crippen molar-refractivity contribution >= 4 is 35.1 Å². The fourth-order valence-electron chi connectivity index (χ4n) is 2.18. The third-order valence-corrected chi connectivity index (χ3v) is 3.92. The van der Waals surface area contributed by atoms with Gasteiger partial charge in [-0.1, -0.05) is 41.4 Å². The second kappa shape index (κ2) is 8.65. The minimum Gasteiger partial charge on any atom is -0.493 e. The van der Waals surface area contributed by atoms with E-state index in [0.29, 0.717) is 0 Å². The summed E-state index contributed by atoms with van der Waals surface area (Å²) in [5, 5.41) is 9.49. The molecular weight excluding hydrogens is 387 g/mol. The number of benzene rings is 2. The van der Waals surface area contributed by atoms with Gasteiger partial charge in [-0.25, -0.2) is 0 Å². The van der Waals surface area contributed by atoms with Crippen LogP contribution in [0, 0.1) is 11.3 Å². The summed E-state index contributed by atoms with van der Waals surface area (Å²) in [5.74, 6) is -1.01. The number of carbonyl (C=O) groups excluding carboxylic acids is 1. The van der Waals surface area contributed by atoms with Crippen LogP contribution in [0.5, 0.6) is 11.5 Å². The van der Waals surface area contributed by atoms with E-state index < -0.39 is 12.4 Å². The van der Waals surface area contributed by atoms with Crippen LogP contribution in [0.15, 0.2) is 42.0 Å². The molecule has 2 aromatic carbocycles. The van der Waals surface area contributed by atoms with Crippen molar-refractivity contribution in [3.05, 3.63) is 63.1 Å². The summed E-state index contributed by atoms with van der Waals surface area (Å²) >= 11 is 12.0. The van der Waals surface area contributed by atoms with E-state index in [1.807, 2.05) is 0 Å². The number of ketones is 1. The van der Waals surface area contributed by atoms with Gasteiger partial charge in [-0.3, -0.25) is 4.79 Å². The van der Waals surface area contributed by atoms with Gasteiger partial charge in [0.15, 0.2) is 11.5 Å². The molecule has 0 bridgehead atoms. The molecule has 0 N–H and O–H groups in total. The number of hydrogen-bond donors (Lipinski definition) is 0. The largest absolute Gasteiger partial charge is 0.493 e. The maximum absolute atomic E-state index is 12.7. The zero-order chi connectivity index (χ0) is 19.3. The molecule has 26 heavy (non-hydrogen) atoms. The third kappa shape index (κ3) is 4.31. The van der Waals surface area contributed by atoms with Crippen LogP contribution in [0.2, 0.25) is 10.0 Å². The number of methoxy groups -OCH3 is 1. The number of hydrogen-bond acceptors (Lipinski definition) is 4. The highest BCUT2D eigenvalue weighted by Gasteiger charge is 2.21. The Morgan fingerprint density at radius 1 is 1.19 bits per heavy atom. The SMILES string of the molecule is COc1cccc(C=C(C#N)C(=O)c2c(Cl)cccc2Cl)c1OC(F)F. The van der Waals surface area contributed by atoms with E-state index in [0.717, 1.165) is 6.08 Å². The zero-order valence-electron chi connectivity index (χ0n) is 13.3. The van der Waals surface area contributed by atoms with Crippen LogP contribution in [0.4, 0.5) is 8.78 Å². The summed E-state index contributed by atoms with van der Waals surface area (Å²) < 4.78 is 34.9. The first-order valence-corrected chi connectivity index (χ1v) is 7.87. The number of alkyl halides is 2. The molecule has 2 aromatic rings. The van der Waals surface area contributed by atoms with Gasteiger partial charge in [0.25, 0.3) is 0 Å². The summed E-state index contributed by atoms with van der Waals surface area (Å²) in [6.07, 6.45) is 1.11. The predicted octanol–water partition coefficient (Wildman–Crippen LogP) is 5.39. The molecule has 0 aromatic heterocycles. The number of Topliss-reactive ketones (excluding diaryl/α,β-unsaturated/α-hetero) is 1. The quantitative estimate of drug-likeness (QED) is 0.372. The van der Waals surface area contributed by atoms with Gasteiger partial charge in [-0.15, -0.1) is 0 Å². The molecule has 2 rings (SSSR count). The van der Waals surface area contributed by atoms with Gasteiger partial charge in [-0.05, 0) is 24.3 Å². The lowest BCUT2D eigenvalue weighted by molar-refractivity contribution is -0.0513. The van der Waals surface area contributed by atoms with Gasteiger partial charge in [0, 0.05) is 5.56 Å². The zero-order valence-corrected chi connectivity index (χ0v) is 14.8. The average Bonchev–Trinajstić information content (AvgIpc) is 2.59. The van der Waals surface area contributed by atoms with Crippen LogP contribution in [0.25, 0.3) is 6.08 Å². The Bertz CT molecular complexity index is 888. The average molecular weight is 398 g/mol. The molecule has 0 saturated heterocycles. The van der Waals surface area contributed by atoms with E-state index in [9.17, 15) is 18.8 Å². The lowest BCUT2D eigenvalue weighted by atomic mass is 10.0. The first kappa shape index (κ1) is 19.7. The first-order valence-electron chi connectivity index (χ1n) is 7.11. The molecule has 4 nitrogen and oxygen atoms in total. The van der Waals surface area contributed by atoms with Crippen LogP contribution >= 0.6 is 23.2 Å². The molecule has 0 atom stereocenters. The van der Waals surface area contributed by atoms with Gasteiger partial charge in [0.05, 0.1) is 22.7 Å². The van der Waals surface area contributed by atoms with E-state index >= 15 is 0 Å². The van der Waals surface area contributed by atoms with Gasteiger partial charge < -0.3 is 9.47 Å². The highest BCUT2D eigenvalue weighted by Crippen LogP contribution is 2.35. The van der Waals surface area contributed by atoms with Gasteiger partial charge in [-0.2, -0.15) is 14.0 Å². The Labute approximate surface area is 158 Å². The molecule has 0 amide bonds. The summed E-state index contributed by atoms with van der Waals surface area (Å²) in [6, 6.07) is 10.5. The molecule has 0 aliphatic heterocycles. The number of ether oxygens (including phenoxy) is 2. The highest BCUT2D eigenvalue weighted by atomic mass is 35.5. The highest BCUT2D eigenvalue weighted by molar-refractivity contribution is 6.41. The van der Waals surface area contributed by atoms with Crippen molar-refractivity contribution in [3.63, 3.8) is 0 Å². The standard InChI is InChI=1S/C18H11Cl2F2NO3/c1-25-14-7-2-4-10(17(14)26-18(21)22)8-11(9-23)16(24)15-12(19)5-3-6-13(15)20/h2-8,18H,1H3. The summed E-state index contributed by atoms with van der Waals surface area (Å²) in [7, 11) is 1.28. The lowest BCUT2D eigenvalue weighted by Gasteiger charge is -2.12. The predicted molar refractivity (Wildman–Crippen MR) is 94.0 cm³/mol. The van der Waals surface area contributed by atoms with Crippen molar-refractivity contribution < 1.29 is 23.0 Å². The van der Waals surface area contributed by atoms with Crippen LogP contribution in [-0.2, 0) is 0 Å². The fraction of sp³-hybridized carbons (Fsp3) is 0.111. The Morgan fingerprint density at radius 2 is 1.81 bits per heavy atom. The Balaban J connectivity index is 2.56. The number of nitrogens with zero attached hydrogens (tertiary/aromatic N) is 1. The monoisotopic (exact) mass is 397 g/mol. The number of nitriles is 1. The minimum absolute atomic E-state index is 0.0274. The van der Waals surface area contributed by atoms with Crippen LogP contribution in [0.3, 0.4) is 0 Å². The van der Waals surface area contributed by atoms with Crippen LogP contribution in [0.1, 0.15) is 15.9 Å². The summed E-state index contributed by atoms with van der Waals surface area (Å²) in [6.45, 7) is -3.11. The molecule has 134 valence electrons. The number of allylic oxidation sites excluding steroid dienone is 1. The van der Waals surface area contributed by atoms with Gasteiger partial charge >= 0.3 is 6.61 Å². The Hall–Kier alpha value is -2.62. The topological polar surface area (TPSA) is 59.3 Å². The fourth-order valence-corrected chi connectivity index (χ4v) is 2.75. The van der Waals surface area contributed by atoms with Crippen molar-refractivity contribution in [2.75, 3.05) is 7.11 Å². The third-order valence-electron chi connectivity index (χ3n) is 3.29. The number of rotatable bonds is 6. The summed E-state index contributed by atoms with van der Waals surface area (Å²) in [4.78, 5) is 12.6. The normalized spacial score (nSPS) is 11.2. The van der Waals surface area contributed by atoms with E-state index in [4.69, 9.17) is 27.9 Å². The van der Waals surface area contributed by atoms with E-state index in [1.165, 1.54) is 37.4 Å². The van der Waals surface area contributed by atoms with Crippen molar-refractivity contribution in [1.29, 1.82) is 5.26 Å². The van der Waals surface area contributed by atoms with Crippen LogP contribution in [-0.4, -0.2) is 19.5 Å². The maximum atomic E-state index is 12.7. The molecule has 0 unspecified atom stereocenters. The van der Waals surface area contributed by atoms with E-state index in [-0.39, 0.29) is 38.2 Å². The van der Waals surface area contributed by atoms with Crippen molar-refractivity contribution in [1.82, 2.24) is 0 Å². The lowest BCUT2D eigenvalue weighted by Crippen LogP contribution is -2.07. The second-order valence-electron chi connectivity index (χ2n) is 4.85. The van der Waals surface area contributed by atoms with Crippen molar-refractivity contribution in [2.24, 2.45) is 0 Å². The van der Waals surface area contributed by atoms with E-state index in [2.05, 4.69) is 4.74 Å². The van der Waals surface area contributed by atoms with E-state index in [1.54, 1.807) is 12.1 Å². The molecule has 8 heteroatoms. The molecule has 0 heterocycles. The smallest absolute Gasteiger partial charge is 0.387 e. The molecule has 0 aliphatic rings. The Morgan fingerprint density at radius 3 is 2.35 bits per heavy atom. The number of para-hydroxylation sites is 1. The Kier molecular flexibility index (Phi) is 6.56. The molecule has 0 saturated carbocycles. The van der Waals surface area contributed by atoms with Crippen molar-refractivity contribution in [3.8, 4) is 17.6 Å². The van der Waals surface area contributed by atoms with Crippen LogP contribution < -0.4 is 9.47 Å². The molecule has 0 radical (unpaired) electrons. The molecule has 0 fully saturated rings. The number of carbonyl (C=O) groups is 1. The first-order chi connectivity index (χ1) is 12.4. The molecule has 0 aliphatic carbocycles.